The van der Waals surface area contributed by atoms with E-state index in [4.69, 9.17) is 16.3 Å². The van der Waals surface area contributed by atoms with Gasteiger partial charge in [-0.2, -0.15) is 0 Å². The second-order valence-electron chi connectivity index (χ2n) is 4.46. The van der Waals surface area contributed by atoms with Crippen LogP contribution in [0.5, 0.6) is 0 Å². The molecule has 1 fully saturated rings. The average Bonchev–Trinajstić information content (AvgIpc) is 3.23. The Morgan fingerprint density at radius 3 is 2.85 bits per heavy atom. The molecule has 1 aliphatic carbocycles. The van der Waals surface area contributed by atoms with Gasteiger partial charge in [-0.05, 0) is 41.8 Å². The van der Waals surface area contributed by atoms with E-state index in [0.717, 1.165) is 12.8 Å². The van der Waals surface area contributed by atoms with Crippen LogP contribution in [0.4, 0.5) is 0 Å². The molecule has 1 saturated carbocycles. The molecule has 108 valence electrons. The standard InChI is InChI=1S/C13H14BrClN2O3/c1-2-20-11(18)7-17(9-3-4-9)13(19)10-5-8(14)6-16-12(10)15/h5-6,9H,2-4,7H2,1H3. The first-order valence-corrected chi connectivity index (χ1v) is 7.47. The minimum Gasteiger partial charge on any atom is -0.465 e. The summed E-state index contributed by atoms with van der Waals surface area (Å²) in [6.07, 6.45) is 3.31. The number of esters is 1. The van der Waals surface area contributed by atoms with Gasteiger partial charge in [-0.25, -0.2) is 4.98 Å². The van der Waals surface area contributed by atoms with E-state index in [2.05, 4.69) is 20.9 Å². The summed E-state index contributed by atoms with van der Waals surface area (Å²) in [6.45, 7) is 1.97. The highest BCUT2D eigenvalue weighted by Crippen LogP contribution is 2.30. The van der Waals surface area contributed by atoms with Gasteiger partial charge >= 0.3 is 5.97 Å². The van der Waals surface area contributed by atoms with E-state index in [1.807, 2.05) is 0 Å². The van der Waals surface area contributed by atoms with Gasteiger partial charge in [-0.1, -0.05) is 11.6 Å². The third-order valence-corrected chi connectivity index (χ3v) is 3.62. The Morgan fingerprint density at radius 2 is 2.25 bits per heavy atom. The number of carbonyl (C=O) groups is 2. The predicted molar refractivity (Wildman–Crippen MR) is 77.6 cm³/mol. The molecular weight excluding hydrogens is 348 g/mol. The Morgan fingerprint density at radius 1 is 1.55 bits per heavy atom. The molecule has 0 atom stereocenters. The van der Waals surface area contributed by atoms with Crippen LogP contribution < -0.4 is 0 Å². The summed E-state index contributed by atoms with van der Waals surface area (Å²) in [6, 6.07) is 1.69. The largest absolute Gasteiger partial charge is 0.465 e. The minimum absolute atomic E-state index is 0.0554. The molecule has 1 aromatic rings. The van der Waals surface area contributed by atoms with Crippen molar-refractivity contribution in [3.63, 3.8) is 0 Å². The van der Waals surface area contributed by atoms with Crippen LogP contribution in [0.1, 0.15) is 30.1 Å². The van der Waals surface area contributed by atoms with Crippen molar-refractivity contribution in [2.75, 3.05) is 13.2 Å². The van der Waals surface area contributed by atoms with Crippen LogP contribution in [0.15, 0.2) is 16.7 Å². The van der Waals surface area contributed by atoms with Gasteiger partial charge in [0.05, 0.1) is 12.2 Å². The zero-order chi connectivity index (χ0) is 14.7. The Kier molecular flexibility index (Phi) is 4.99. The second kappa shape index (κ2) is 6.54. The predicted octanol–water partition coefficient (Wildman–Crippen LogP) is 2.67. The first-order valence-electron chi connectivity index (χ1n) is 6.30. The molecule has 0 aliphatic heterocycles. The highest BCUT2D eigenvalue weighted by molar-refractivity contribution is 9.10. The summed E-state index contributed by atoms with van der Waals surface area (Å²) in [5.41, 5.74) is 0.289. The molecule has 1 amide bonds. The van der Waals surface area contributed by atoms with Crippen molar-refractivity contribution in [3.8, 4) is 0 Å². The molecule has 2 rings (SSSR count). The van der Waals surface area contributed by atoms with Crippen LogP contribution in [0.3, 0.4) is 0 Å². The summed E-state index contributed by atoms with van der Waals surface area (Å²) in [7, 11) is 0. The molecule has 20 heavy (non-hydrogen) atoms. The Balaban J connectivity index is 2.18. The highest BCUT2D eigenvalue weighted by atomic mass is 79.9. The number of nitrogens with zero attached hydrogens (tertiary/aromatic N) is 2. The van der Waals surface area contributed by atoms with Crippen molar-refractivity contribution in [2.45, 2.75) is 25.8 Å². The fourth-order valence-corrected chi connectivity index (χ4v) is 2.34. The van der Waals surface area contributed by atoms with Gasteiger partial charge in [-0.15, -0.1) is 0 Å². The third kappa shape index (κ3) is 3.70. The summed E-state index contributed by atoms with van der Waals surface area (Å²) in [5, 5.41) is 0.132. The first kappa shape index (κ1) is 15.3. The number of carbonyl (C=O) groups excluding carboxylic acids is 2. The van der Waals surface area contributed by atoms with Crippen LogP contribution in [0.2, 0.25) is 5.15 Å². The smallest absolute Gasteiger partial charge is 0.325 e. The Hall–Kier alpha value is -1.14. The van der Waals surface area contributed by atoms with E-state index in [1.165, 1.54) is 11.1 Å². The van der Waals surface area contributed by atoms with Gasteiger partial charge in [-0.3, -0.25) is 9.59 Å². The van der Waals surface area contributed by atoms with E-state index in [-0.39, 0.29) is 29.2 Å². The fraction of sp³-hybridized carbons (Fsp3) is 0.462. The second-order valence-corrected chi connectivity index (χ2v) is 5.73. The maximum atomic E-state index is 12.5. The molecule has 0 unspecified atom stereocenters. The molecule has 0 bridgehead atoms. The number of hydrogen-bond donors (Lipinski definition) is 0. The number of hydrogen-bond acceptors (Lipinski definition) is 4. The van der Waals surface area contributed by atoms with Crippen molar-refractivity contribution < 1.29 is 14.3 Å². The first-order chi connectivity index (χ1) is 9.52. The molecule has 7 heteroatoms. The summed E-state index contributed by atoms with van der Waals surface area (Å²) >= 11 is 9.22. The average molecular weight is 362 g/mol. The zero-order valence-corrected chi connectivity index (χ0v) is 13.3. The van der Waals surface area contributed by atoms with Crippen LogP contribution in [-0.4, -0.2) is 41.0 Å². The zero-order valence-electron chi connectivity index (χ0n) is 10.9. The molecule has 5 nitrogen and oxygen atoms in total. The molecule has 1 aliphatic rings. The number of halogens is 2. The molecule has 1 aromatic heterocycles. The topological polar surface area (TPSA) is 59.5 Å². The van der Waals surface area contributed by atoms with E-state index in [9.17, 15) is 9.59 Å². The quantitative estimate of drug-likeness (QED) is 0.597. The lowest BCUT2D eigenvalue weighted by Gasteiger charge is -2.21. The van der Waals surface area contributed by atoms with E-state index in [1.54, 1.807) is 13.0 Å². The van der Waals surface area contributed by atoms with Crippen molar-refractivity contribution >= 4 is 39.4 Å². The molecule has 0 aromatic carbocycles. The van der Waals surface area contributed by atoms with E-state index in [0.29, 0.717) is 11.1 Å². The number of ether oxygens (including phenoxy) is 1. The molecule has 0 N–H and O–H groups in total. The lowest BCUT2D eigenvalue weighted by atomic mass is 10.2. The maximum absolute atomic E-state index is 12.5. The van der Waals surface area contributed by atoms with Crippen molar-refractivity contribution in [2.24, 2.45) is 0 Å². The fourth-order valence-electron chi connectivity index (χ4n) is 1.83. The normalized spacial score (nSPS) is 13.9. The summed E-state index contributed by atoms with van der Waals surface area (Å²) in [4.78, 5) is 29.6. The lowest BCUT2D eigenvalue weighted by Crippen LogP contribution is -2.38. The van der Waals surface area contributed by atoms with Gasteiger partial charge in [0.2, 0.25) is 0 Å². The molecule has 1 heterocycles. The van der Waals surface area contributed by atoms with Crippen LogP contribution in [0.25, 0.3) is 0 Å². The van der Waals surface area contributed by atoms with Gasteiger partial charge in [0.1, 0.15) is 11.7 Å². The number of aromatic nitrogens is 1. The van der Waals surface area contributed by atoms with Gasteiger partial charge in [0.25, 0.3) is 5.91 Å². The number of rotatable bonds is 5. The van der Waals surface area contributed by atoms with Crippen molar-refractivity contribution in [1.82, 2.24) is 9.88 Å². The lowest BCUT2D eigenvalue weighted by molar-refractivity contribution is -0.144. The Labute approximate surface area is 130 Å². The van der Waals surface area contributed by atoms with Crippen molar-refractivity contribution in [1.29, 1.82) is 0 Å². The van der Waals surface area contributed by atoms with Crippen LogP contribution >= 0.6 is 27.5 Å². The van der Waals surface area contributed by atoms with Gasteiger partial charge < -0.3 is 9.64 Å². The Bertz CT molecular complexity index is 534. The molecule has 0 saturated heterocycles. The van der Waals surface area contributed by atoms with Gasteiger partial charge in [0.15, 0.2) is 0 Å². The van der Waals surface area contributed by atoms with Crippen molar-refractivity contribution in [3.05, 3.63) is 27.5 Å². The minimum atomic E-state index is -0.410. The molecule has 0 spiro atoms. The van der Waals surface area contributed by atoms with Crippen LogP contribution in [-0.2, 0) is 9.53 Å². The molecular formula is C13H14BrClN2O3. The number of pyridine rings is 1. The summed E-state index contributed by atoms with van der Waals surface area (Å²) < 4.78 is 5.56. The number of amides is 1. The maximum Gasteiger partial charge on any atom is 0.325 e. The van der Waals surface area contributed by atoms with E-state index < -0.39 is 5.97 Å². The monoisotopic (exact) mass is 360 g/mol. The molecule has 0 radical (unpaired) electrons. The third-order valence-electron chi connectivity index (χ3n) is 2.89. The summed E-state index contributed by atoms with van der Waals surface area (Å²) in [5.74, 6) is -0.703. The van der Waals surface area contributed by atoms with Gasteiger partial charge in [0, 0.05) is 16.7 Å². The SMILES string of the molecule is CCOC(=O)CN(C(=O)c1cc(Br)cnc1Cl)C1CC1. The van der Waals surface area contributed by atoms with Crippen LogP contribution in [0, 0.1) is 0 Å². The van der Waals surface area contributed by atoms with E-state index >= 15 is 0 Å². The highest BCUT2D eigenvalue weighted by Gasteiger charge is 2.35.